The second-order valence-corrected chi connectivity index (χ2v) is 4.75. The van der Waals surface area contributed by atoms with Crippen LogP contribution in [0.3, 0.4) is 0 Å². The summed E-state index contributed by atoms with van der Waals surface area (Å²) in [7, 11) is 0. The maximum Gasteiger partial charge on any atom is 0.137 e. The minimum Gasteiger partial charge on any atom is -0.399 e. The van der Waals surface area contributed by atoms with E-state index in [1.54, 1.807) is 0 Å². The summed E-state index contributed by atoms with van der Waals surface area (Å²) in [6.45, 7) is 4.37. The largest absolute Gasteiger partial charge is 0.399 e. The van der Waals surface area contributed by atoms with E-state index in [0.717, 1.165) is 24.1 Å². The van der Waals surface area contributed by atoms with Crippen LogP contribution in [0.5, 0.6) is 0 Å². The van der Waals surface area contributed by atoms with Gasteiger partial charge in [-0.3, -0.25) is 4.79 Å². The normalized spacial score (nSPS) is 10.7. The number of carbonyl (C=O) groups is 1. The minimum atomic E-state index is 0.311. The molecule has 1 aromatic rings. The van der Waals surface area contributed by atoms with Crippen molar-refractivity contribution < 1.29 is 4.79 Å². The fraction of sp³-hybridized carbons (Fsp3) is 0.500. The lowest BCUT2D eigenvalue weighted by Gasteiger charge is -2.04. The number of carbonyl (C=O) groups excluding carboxylic acids is 1. The zero-order valence-corrected chi connectivity index (χ0v) is 10.2. The van der Waals surface area contributed by atoms with Crippen molar-refractivity contribution >= 4 is 11.5 Å². The van der Waals surface area contributed by atoms with Crippen molar-refractivity contribution in [3.8, 4) is 0 Å². The van der Waals surface area contributed by atoms with Gasteiger partial charge in [0, 0.05) is 18.5 Å². The van der Waals surface area contributed by atoms with Crippen molar-refractivity contribution in [2.75, 3.05) is 5.73 Å². The van der Waals surface area contributed by atoms with Crippen LogP contribution < -0.4 is 5.73 Å². The highest BCUT2D eigenvalue weighted by Gasteiger charge is 2.04. The molecule has 0 radical (unpaired) electrons. The Bertz CT molecular complexity index is 344. The van der Waals surface area contributed by atoms with Crippen molar-refractivity contribution in [1.29, 1.82) is 0 Å². The van der Waals surface area contributed by atoms with E-state index in [0.29, 0.717) is 24.5 Å². The number of hydrogen-bond acceptors (Lipinski definition) is 2. The zero-order chi connectivity index (χ0) is 12.0. The monoisotopic (exact) mass is 219 g/mol. The van der Waals surface area contributed by atoms with E-state index in [1.807, 2.05) is 24.3 Å². The van der Waals surface area contributed by atoms with Crippen molar-refractivity contribution in [3.63, 3.8) is 0 Å². The van der Waals surface area contributed by atoms with Crippen LogP contribution in [0.1, 0.15) is 38.7 Å². The molecule has 0 saturated carbocycles. The van der Waals surface area contributed by atoms with Gasteiger partial charge in [0.2, 0.25) is 0 Å². The second kappa shape index (κ2) is 6.31. The number of hydrogen-bond donors (Lipinski definition) is 1. The highest BCUT2D eigenvalue weighted by molar-refractivity contribution is 5.81. The van der Waals surface area contributed by atoms with Crippen LogP contribution in [0, 0.1) is 5.92 Å². The van der Waals surface area contributed by atoms with Crippen LogP contribution in [0.25, 0.3) is 0 Å². The Morgan fingerprint density at radius 1 is 1.38 bits per heavy atom. The average molecular weight is 219 g/mol. The molecular formula is C14H21NO. The van der Waals surface area contributed by atoms with Crippen molar-refractivity contribution in [3.05, 3.63) is 29.8 Å². The number of rotatable bonds is 6. The van der Waals surface area contributed by atoms with Crippen LogP contribution in [-0.4, -0.2) is 5.78 Å². The summed E-state index contributed by atoms with van der Waals surface area (Å²) in [5, 5.41) is 0. The van der Waals surface area contributed by atoms with Crippen LogP contribution in [-0.2, 0) is 11.2 Å². The van der Waals surface area contributed by atoms with Crippen LogP contribution in [0.2, 0.25) is 0 Å². The van der Waals surface area contributed by atoms with E-state index < -0.39 is 0 Å². The van der Waals surface area contributed by atoms with Gasteiger partial charge < -0.3 is 5.73 Å². The molecule has 1 aromatic carbocycles. The number of anilines is 1. The lowest BCUT2D eigenvalue weighted by molar-refractivity contribution is -0.118. The van der Waals surface area contributed by atoms with Crippen LogP contribution in [0.15, 0.2) is 24.3 Å². The highest BCUT2D eigenvalue weighted by atomic mass is 16.1. The average Bonchev–Trinajstić information content (AvgIpc) is 2.16. The maximum absolute atomic E-state index is 11.7. The summed E-state index contributed by atoms with van der Waals surface area (Å²) < 4.78 is 0. The molecule has 0 aliphatic carbocycles. The predicted octanol–water partition coefficient (Wildman–Crippen LogP) is 3.21. The van der Waals surface area contributed by atoms with Gasteiger partial charge >= 0.3 is 0 Å². The molecule has 0 bridgehead atoms. The molecule has 0 unspecified atom stereocenters. The van der Waals surface area contributed by atoms with Gasteiger partial charge in [0.1, 0.15) is 5.78 Å². The van der Waals surface area contributed by atoms with Gasteiger partial charge in [0.15, 0.2) is 0 Å². The van der Waals surface area contributed by atoms with Gasteiger partial charge in [0.25, 0.3) is 0 Å². The van der Waals surface area contributed by atoms with Crippen LogP contribution >= 0.6 is 0 Å². The molecule has 0 aliphatic rings. The zero-order valence-electron chi connectivity index (χ0n) is 10.2. The molecule has 0 saturated heterocycles. The lowest BCUT2D eigenvalue weighted by Crippen LogP contribution is -2.03. The first kappa shape index (κ1) is 12.8. The summed E-state index contributed by atoms with van der Waals surface area (Å²) in [5.41, 5.74) is 7.41. The number of benzene rings is 1. The van der Waals surface area contributed by atoms with E-state index in [1.165, 1.54) is 0 Å². The molecule has 88 valence electrons. The van der Waals surface area contributed by atoms with E-state index in [4.69, 9.17) is 5.73 Å². The third-order valence-corrected chi connectivity index (χ3v) is 2.59. The van der Waals surface area contributed by atoms with Crippen molar-refractivity contribution in [1.82, 2.24) is 0 Å². The van der Waals surface area contributed by atoms with Crippen molar-refractivity contribution in [2.45, 2.75) is 39.5 Å². The third kappa shape index (κ3) is 4.96. The Morgan fingerprint density at radius 3 is 2.75 bits per heavy atom. The summed E-state index contributed by atoms with van der Waals surface area (Å²) in [6.07, 6.45) is 3.33. The number of ketones is 1. The number of nitrogen functional groups attached to an aromatic ring is 1. The number of nitrogens with two attached hydrogens (primary N) is 1. The summed E-state index contributed by atoms with van der Waals surface area (Å²) in [4.78, 5) is 11.7. The summed E-state index contributed by atoms with van der Waals surface area (Å²) in [6, 6.07) is 7.57. The molecule has 2 nitrogen and oxygen atoms in total. The van der Waals surface area contributed by atoms with Gasteiger partial charge in [-0.25, -0.2) is 0 Å². The smallest absolute Gasteiger partial charge is 0.137 e. The number of Topliss-reactive ketones (excluding diaryl/α,β-unsaturated/α-hetero) is 1. The SMILES string of the molecule is CC(C)CCCC(=O)Cc1cccc(N)c1. The first-order valence-corrected chi connectivity index (χ1v) is 5.94. The molecule has 0 heterocycles. The molecule has 0 amide bonds. The fourth-order valence-corrected chi connectivity index (χ4v) is 1.73. The lowest BCUT2D eigenvalue weighted by atomic mass is 10.0. The molecule has 0 fully saturated rings. The Labute approximate surface area is 97.9 Å². The van der Waals surface area contributed by atoms with E-state index in [2.05, 4.69) is 13.8 Å². The molecule has 1 rings (SSSR count). The van der Waals surface area contributed by atoms with E-state index in [-0.39, 0.29) is 0 Å². The first-order valence-electron chi connectivity index (χ1n) is 5.94. The first-order chi connectivity index (χ1) is 7.58. The molecule has 0 aliphatic heterocycles. The van der Waals surface area contributed by atoms with Crippen molar-refractivity contribution in [2.24, 2.45) is 5.92 Å². The maximum atomic E-state index is 11.7. The molecule has 16 heavy (non-hydrogen) atoms. The molecule has 0 aromatic heterocycles. The Balaban J connectivity index is 2.34. The second-order valence-electron chi connectivity index (χ2n) is 4.75. The van der Waals surface area contributed by atoms with Gasteiger partial charge in [-0.05, 0) is 30.0 Å². The van der Waals surface area contributed by atoms with Gasteiger partial charge in [-0.1, -0.05) is 32.4 Å². The van der Waals surface area contributed by atoms with Crippen LogP contribution in [0.4, 0.5) is 5.69 Å². The van der Waals surface area contributed by atoms with Gasteiger partial charge in [0.05, 0.1) is 0 Å². The standard InChI is InChI=1S/C14H21NO/c1-11(2)5-3-8-14(16)10-12-6-4-7-13(15)9-12/h4,6-7,9,11H,3,5,8,10,15H2,1-2H3. The molecule has 0 atom stereocenters. The fourth-order valence-electron chi connectivity index (χ4n) is 1.73. The van der Waals surface area contributed by atoms with Gasteiger partial charge in [-0.15, -0.1) is 0 Å². The Kier molecular flexibility index (Phi) is 5.03. The summed E-state index contributed by atoms with van der Waals surface area (Å²) >= 11 is 0. The predicted molar refractivity (Wildman–Crippen MR) is 68.3 cm³/mol. The molecular weight excluding hydrogens is 198 g/mol. The molecule has 2 heteroatoms. The van der Waals surface area contributed by atoms with E-state index in [9.17, 15) is 4.79 Å². The highest BCUT2D eigenvalue weighted by Crippen LogP contribution is 2.11. The quantitative estimate of drug-likeness (QED) is 0.746. The third-order valence-electron chi connectivity index (χ3n) is 2.59. The minimum absolute atomic E-state index is 0.311. The topological polar surface area (TPSA) is 43.1 Å². The van der Waals surface area contributed by atoms with E-state index >= 15 is 0 Å². The Morgan fingerprint density at radius 2 is 2.12 bits per heavy atom. The molecule has 0 spiro atoms. The Hall–Kier alpha value is -1.31. The summed E-state index contributed by atoms with van der Waals surface area (Å²) in [5.74, 6) is 0.992. The molecule has 2 N–H and O–H groups in total. The van der Waals surface area contributed by atoms with Gasteiger partial charge in [-0.2, -0.15) is 0 Å².